The zero-order chi connectivity index (χ0) is 19.9. The highest BCUT2D eigenvalue weighted by atomic mass is 32.2. The number of rotatable bonds is 4. The molecule has 28 heavy (non-hydrogen) atoms. The molecule has 8 heteroatoms. The molecule has 142 valence electrons. The lowest BCUT2D eigenvalue weighted by Gasteiger charge is -2.07. The maximum atomic E-state index is 14.4. The van der Waals surface area contributed by atoms with Crippen molar-refractivity contribution in [2.75, 3.05) is 6.26 Å². The van der Waals surface area contributed by atoms with Gasteiger partial charge in [0.15, 0.2) is 9.84 Å². The fraction of sp³-hybridized carbons (Fsp3) is 0.100. The number of thiazole rings is 1. The summed E-state index contributed by atoms with van der Waals surface area (Å²) in [5.74, 6) is -0.282. The highest BCUT2D eigenvalue weighted by Gasteiger charge is 2.20. The molecule has 2 heterocycles. The first-order valence-electron chi connectivity index (χ1n) is 8.30. The number of halogens is 1. The maximum absolute atomic E-state index is 14.4. The predicted molar refractivity (Wildman–Crippen MR) is 106 cm³/mol. The van der Waals surface area contributed by atoms with Gasteiger partial charge in [-0.1, -0.05) is 35.5 Å². The third kappa shape index (κ3) is 3.36. The van der Waals surface area contributed by atoms with Crippen molar-refractivity contribution >= 4 is 21.2 Å². The van der Waals surface area contributed by atoms with E-state index in [0.29, 0.717) is 22.6 Å². The second-order valence-corrected chi connectivity index (χ2v) is 9.03. The zero-order valence-corrected chi connectivity index (χ0v) is 16.6. The highest BCUT2D eigenvalue weighted by molar-refractivity contribution is 7.90. The minimum Gasteiger partial charge on any atom is -0.360 e. The van der Waals surface area contributed by atoms with Gasteiger partial charge in [-0.3, -0.25) is 0 Å². The van der Waals surface area contributed by atoms with Crippen molar-refractivity contribution in [3.8, 4) is 33.6 Å². The summed E-state index contributed by atoms with van der Waals surface area (Å²) in [6, 6.07) is 11.7. The Labute approximate surface area is 165 Å². The van der Waals surface area contributed by atoms with Crippen molar-refractivity contribution in [1.82, 2.24) is 10.1 Å². The molecule has 2 aromatic heterocycles. The van der Waals surface area contributed by atoms with Crippen LogP contribution in [0.25, 0.3) is 33.6 Å². The number of sulfone groups is 1. The second kappa shape index (κ2) is 6.96. The van der Waals surface area contributed by atoms with Crippen molar-refractivity contribution in [1.29, 1.82) is 0 Å². The normalized spacial score (nSPS) is 11.7. The van der Waals surface area contributed by atoms with E-state index in [1.165, 1.54) is 23.5 Å². The third-order valence-corrected chi connectivity index (χ3v) is 6.09. The maximum Gasteiger partial charge on any atom is 0.178 e. The van der Waals surface area contributed by atoms with Crippen LogP contribution < -0.4 is 0 Å². The largest absolute Gasteiger partial charge is 0.360 e. The second-order valence-electron chi connectivity index (χ2n) is 6.33. The average Bonchev–Trinajstić information content (AvgIpc) is 3.30. The fourth-order valence-corrected chi connectivity index (χ4v) is 4.31. The molecule has 0 spiro atoms. The van der Waals surface area contributed by atoms with Crippen LogP contribution in [0, 0.1) is 12.7 Å². The first kappa shape index (κ1) is 18.5. The Morgan fingerprint density at radius 1 is 1.04 bits per heavy atom. The van der Waals surface area contributed by atoms with E-state index in [1.807, 2.05) is 29.6 Å². The van der Waals surface area contributed by atoms with Crippen LogP contribution in [0.4, 0.5) is 4.39 Å². The Morgan fingerprint density at radius 2 is 1.71 bits per heavy atom. The quantitative estimate of drug-likeness (QED) is 0.471. The monoisotopic (exact) mass is 414 g/mol. The van der Waals surface area contributed by atoms with Gasteiger partial charge < -0.3 is 4.52 Å². The molecule has 0 aliphatic heterocycles. The lowest BCUT2D eigenvalue weighted by Crippen LogP contribution is -2.00. The third-order valence-electron chi connectivity index (χ3n) is 4.37. The molecule has 0 saturated carbocycles. The van der Waals surface area contributed by atoms with Crippen LogP contribution >= 0.6 is 11.3 Å². The number of aromatic nitrogens is 2. The van der Waals surface area contributed by atoms with Crippen LogP contribution in [0.2, 0.25) is 0 Å². The first-order valence-corrected chi connectivity index (χ1v) is 11.1. The lowest BCUT2D eigenvalue weighted by molar-refractivity contribution is 0.400. The summed E-state index contributed by atoms with van der Waals surface area (Å²) in [5, 5.41) is 6.09. The molecule has 0 aliphatic carbocycles. The number of benzene rings is 2. The molecule has 0 radical (unpaired) electrons. The van der Waals surface area contributed by atoms with E-state index >= 15 is 0 Å². The van der Waals surface area contributed by atoms with E-state index in [9.17, 15) is 12.8 Å². The van der Waals surface area contributed by atoms with Gasteiger partial charge in [0, 0.05) is 22.8 Å². The number of hydrogen-bond donors (Lipinski definition) is 0. The minimum atomic E-state index is -3.64. The summed E-state index contributed by atoms with van der Waals surface area (Å²) < 4.78 is 43.0. The SMILES string of the molecule is Cc1onc(-c2ccc(-c3cscn3)cc2)c1-c1ccc(S(C)(=O)=O)c(F)c1. The van der Waals surface area contributed by atoms with Gasteiger partial charge in [0.25, 0.3) is 0 Å². The molecule has 0 amide bonds. The van der Waals surface area contributed by atoms with E-state index in [2.05, 4.69) is 10.1 Å². The van der Waals surface area contributed by atoms with Gasteiger partial charge in [-0.05, 0) is 24.6 Å². The minimum absolute atomic E-state index is 0.334. The fourth-order valence-electron chi connectivity index (χ4n) is 3.02. The predicted octanol–water partition coefficient (Wildman–Crippen LogP) is 4.98. The molecule has 4 rings (SSSR count). The Morgan fingerprint density at radius 3 is 2.32 bits per heavy atom. The average molecular weight is 414 g/mol. The van der Waals surface area contributed by atoms with Crippen LogP contribution in [-0.4, -0.2) is 24.8 Å². The topological polar surface area (TPSA) is 73.1 Å². The molecular formula is C20H15FN2O3S2. The van der Waals surface area contributed by atoms with Gasteiger partial charge in [-0.25, -0.2) is 17.8 Å². The molecule has 0 bridgehead atoms. The summed E-state index contributed by atoms with van der Waals surface area (Å²) >= 11 is 1.53. The summed E-state index contributed by atoms with van der Waals surface area (Å²) in [5.41, 5.74) is 6.15. The van der Waals surface area contributed by atoms with E-state index < -0.39 is 15.7 Å². The molecule has 0 atom stereocenters. The van der Waals surface area contributed by atoms with E-state index in [4.69, 9.17) is 4.52 Å². The smallest absolute Gasteiger partial charge is 0.178 e. The molecular weight excluding hydrogens is 399 g/mol. The van der Waals surface area contributed by atoms with E-state index in [1.54, 1.807) is 18.5 Å². The van der Waals surface area contributed by atoms with Gasteiger partial charge in [-0.2, -0.15) is 0 Å². The van der Waals surface area contributed by atoms with Crippen LogP contribution in [0.15, 0.2) is 62.8 Å². The van der Waals surface area contributed by atoms with E-state index in [-0.39, 0.29) is 4.90 Å². The standard InChI is InChI=1S/C20H15FN2O3S2/c1-12-19(15-7-8-18(16(21)9-15)28(2,24)25)20(23-26-12)14-5-3-13(4-6-14)17-10-27-11-22-17/h3-11H,1-2H3. The van der Waals surface area contributed by atoms with Gasteiger partial charge in [0.2, 0.25) is 0 Å². The van der Waals surface area contributed by atoms with Gasteiger partial charge in [0.05, 0.1) is 16.8 Å². The highest BCUT2D eigenvalue weighted by Crippen LogP contribution is 2.36. The van der Waals surface area contributed by atoms with Gasteiger partial charge in [0.1, 0.15) is 22.2 Å². The van der Waals surface area contributed by atoms with Crippen molar-refractivity contribution in [3.05, 3.63) is 64.9 Å². The van der Waals surface area contributed by atoms with Crippen molar-refractivity contribution in [2.24, 2.45) is 0 Å². The van der Waals surface area contributed by atoms with Gasteiger partial charge in [-0.15, -0.1) is 11.3 Å². The number of hydrogen-bond acceptors (Lipinski definition) is 6. The van der Waals surface area contributed by atoms with Crippen molar-refractivity contribution in [2.45, 2.75) is 11.8 Å². The number of aryl methyl sites for hydroxylation is 1. The Balaban J connectivity index is 1.77. The van der Waals surface area contributed by atoms with Crippen LogP contribution in [0.5, 0.6) is 0 Å². The van der Waals surface area contributed by atoms with Crippen LogP contribution in [0.3, 0.4) is 0 Å². The number of nitrogens with zero attached hydrogens (tertiary/aromatic N) is 2. The molecule has 4 aromatic rings. The Hall–Kier alpha value is -2.84. The molecule has 0 unspecified atom stereocenters. The van der Waals surface area contributed by atoms with Crippen LogP contribution in [-0.2, 0) is 9.84 Å². The Bertz CT molecular complexity index is 1250. The molecule has 5 nitrogen and oxygen atoms in total. The van der Waals surface area contributed by atoms with Crippen molar-refractivity contribution < 1.29 is 17.3 Å². The summed E-state index contributed by atoms with van der Waals surface area (Å²) in [4.78, 5) is 3.96. The van der Waals surface area contributed by atoms with Crippen LogP contribution in [0.1, 0.15) is 5.76 Å². The molecule has 0 N–H and O–H groups in total. The summed E-state index contributed by atoms with van der Waals surface area (Å²) in [6.07, 6.45) is 0.977. The summed E-state index contributed by atoms with van der Waals surface area (Å²) in [7, 11) is -3.64. The zero-order valence-electron chi connectivity index (χ0n) is 15.0. The first-order chi connectivity index (χ1) is 13.3. The lowest BCUT2D eigenvalue weighted by atomic mass is 9.98. The molecule has 0 saturated heterocycles. The van der Waals surface area contributed by atoms with E-state index in [0.717, 1.165) is 23.1 Å². The molecule has 0 aliphatic rings. The Kier molecular flexibility index (Phi) is 4.60. The molecule has 0 fully saturated rings. The van der Waals surface area contributed by atoms with Crippen molar-refractivity contribution in [3.63, 3.8) is 0 Å². The molecule has 2 aromatic carbocycles. The van der Waals surface area contributed by atoms with Gasteiger partial charge >= 0.3 is 0 Å². The summed E-state index contributed by atoms with van der Waals surface area (Å²) in [6.45, 7) is 1.73.